The Morgan fingerprint density at radius 1 is 0.567 bits per heavy atom. The lowest BCUT2D eigenvalue weighted by Crippen LogP contribution is -2.37. The monoisotopic (exact) mass is 419 g/mol. The van der Waals surface area contributed by atoms with Crippen LogP contribution in [0.4, 0.5) is 0 Å². The van der Waals surface area contributed by atoms with Gasteiger partial charge in [-0.05, 0) is 32.1 Å². The van der Waals surface area contributed by atoms with Crippen molar-refractivity contribution in [2.45, 2.75) is 162 Å². The Bertz CT molecular complexity index is 477. The van der Waals surface area contributed by atoms with Gasteiger partial charge in [-0.1, -0.05) is 111 Å². The lowest BCUT2D eigenvalue weighted by Gasteiger charge is -2.06. The van der Waals surface area contributed by atoms with Crippen molar-refractivity contribution < 1.29 is 4.57 Å². The molecule has 1 aromatic heterocycles. The van der Waals surface area contributed by atoms with Gasteiger partial charge in [0.2, 0.25) is 0 Å². The maximum atomic E-state index is 2.59. The van der Waals surface area contributed by atoms with E-state index in [1.807, 2.05) is 0 Å². The highest BCUT2D eigenvalue weighted by Crippen LogP contribution is 2.12. The molecule has 0 amide bonds. The van der Waals surface area contributed by atoms with E-state index in [4.69, 9.17) is 0 Å². The van der Waals surface area contributed by atoms with E-state index in [-0.39, 0.29) is 0 Å². The number of aryl methyl sites for hydroxylation is 2. The summed E-state index contributed by atoms with van der Waals surface area (Å²) in [5.41, 5.74) is 0. The van der Waals surface area contributed by atoms with Crippen molar-refractivity contribution in [3.8, 4) is 0 Å². The molecule has 0 aliphatic heterocycles. The van der Waals surface area contributed by atoms with Gasteiger partial charge in [-0.2, -0.15) is 0 Å². The zero-order valence-corrected chi connectivity index (χ0v) is 21.1. The van der Waals surface area contributed by atoms with Crippen LogP contribution in [0, 0.1) is 0 Å². The Balaban J connectivity index is 2.30. The third kappa shape index (κ3) is 13.5. The molecule has 176 valence electrons. The molecule has 0 radical (unpaired) electrons. The molecule has 0 spiro atoms. The standard InChI is InChI=1S/C28H55N2/c1-4-7-10-12-14-15-16-17-19-22-25-30-27-26-29(24-21-9-6-3)28(30)23-20-18-13-11-8-5-2/h26-27H,4-25H2,1-3H3/q+1. The van der Waals surface area contributed by atoms with Crippen molar-refractivity contribution in [2.75, 3.05) is 0 Å². The van der Waals surface area contributed by atoms with Crippen LogP contribution >= 0.6 is 0 Å². The predicted octanol–water partition coefficient (Wildman–Crippen LogP) is 8.79. The summed E-state index contributed by atoms with van der Waals surface area (Å²) in [6.45, 7) is 9.35. The second-order valence-corrected chi connectivity index (χ2v) is 9.51. The molecule has 0 aliphatic carbocycles. The summed E-state index contributed by atoms with van der Waals surface area (Å²) in [7, 11) is 0. The molecule has 30 heavy (non-hydrogen) atoms. The molecule has 0 N–H and O–H groups in total. The average Bonchev–Trinajstić information content (AvgIpc) is 3.13. The fourth-order valence-corrected chi connectivity index (χ4v) is 4.56. The largest absolute Gasteiger partial charge is 0.256 e. The van der Waals surface area contributed by atoms with Gasteiger partial charge in [-0.25, -0.2) is 9.13 Å². The smallest absolute Gasteiger partial charge is 0.234 e. The van der Waals surface area contributed by atoms with Crippen LogP contribution in [0.3, 0.4) is 0 Å². The van der Waals surface area contributed by atoms with Gasteiger partial charge < -0.3 is 0 Å². The Kier molecular flexibility index (Phi) is 18.3. The number of unbranched alkanes of at least 4 members (excludes halogenated alkanes) is 16. The number of aromatic nitrogens is 2. The summed E-state index contributed by atoms with van der Waals surface area (Å²) in [6, 6.07) is 0. The van der Waals surface area contributed by atoms with Gasteiger partial charge >= 0.3 is 0 Å². The number of nitrogens with zero attached hydrogens (tertiary/aromatic N) is 2. The van der Waals surface area contributed by atoms with Gasteiger partial charge in [-0.15, -0.1) is 0 Å². The number of hydrogen-bond donors (Lipinski definition) is 0. The molecule has 0 atom stereocenters. The number of imidazole rings is 1. The minimum Gasteiger partial charge on any atom is -0.234 e. The second kappa shape index (κ2) is 20.1. The van der Waals surface area contributed by atoms with E-state index in [1.165, 1.54) is 142 Å². The molecular formula is C28H55N2+. The molecule has 1 rings (SSSR count). The quantitative estimate of drug-likeness (QED) is 0.131. The third-order valence-electron chi connectivity index (χ3n) is 6.60. The normalized spacial score (nSPS) is 11.4. The fourth-order valence-electron chi connectivity index (χ4n) is 4.56. The molecule has 0 aromatic carbocycles. The Hall–Kier alpha value is -0.790. The minimum atomic E-state index is 1.21. The van der Waals surface area contributed by atoms with E-state index in [0.717, 1.165) is 0 Å². The van der Waals surface area contributed by atoms with E-state index in [2.05, 4.69) is 42.3 Å². The zero-order valence-electron chi connectivity index (χ0n) is 21.1. The first-order chi connectivity index (χ1) is 14.8. The molecule has 0 unspecified atom stereocenters. The molecular weight excluding hydrogens is 364 g/mol. The predicted molar refractivity (Wildman–Crippen MR) is 133 cm³/mol. The molecule has 0 saturated heterocycles. The maximum Gasteiger partial charge on any atom is 0.256 e. The highest BCUT2D eigenvalue weighted by atomic mass is 15.1. The van der Waals surface area contributed by atoms with E-state index in [9.17, 15) is 0 Å². The fraction of sp³-hybridized carbons (Fsp3) is 0.893. The molecule has 0 saturated carbocycles. The summed E-state index contributed by atoms with van der Waals surface area (Å²) in [5.74, 6) is 1.59. The van der Waals surface area contributed by atoms with Crippen molar-refractivity contribution in [3.63, 3.8) is 0 Å². The molecule has 2 nitrogen and oxygen atoms in total. The van der Waals surface area contributed by atoms with E-state index in [1.54, 1.807) is 5.82 Å². The molecule has 2 heteroatoms. The molecule has 1 heterocycles. The van der Waals surface area contributed by atoms with Crippen LogP contribution in [-0.2, 0) is 19.5 Å². The molecule has 0 bridgehead atoms. The van der Waals surface area contributed by atoms with Gasteiger partial charge in [0.15, 0.2) is 0 Å². The first kappa shape index (κ1) is 27.2. The van der Waals surface area contributed by atoms with Crippen LogP contribution in [0.2, 0.25) is 0 Å². The summed E-state index contributed by atoms with van der Waals surface area (Å²) in [5, 5.41) is 0. The zero-order chi connectivity index (χ0) is 21.7. The Labute approximate surface area is 189 Å². The molecule has 1 aromatic rings. The average molecular weight is 420 g/mol. The highest BCUT2D eigenvalue weighted by molar-refractivity contribution is 4.84. The lowest BCUT2D eigenvalue weighted by atomic mass is 10.1. The van der Waals surface area contributed by atoms with Gasteiger partial charge in [0.05, 0.1) is 13.1 Å². The summed E-state index contributed by atoms with van der Waals surface area (Å²) >= 11 is 0. The van der Waals surface area contributed by atoms with Gasteiger partial charge in [-0.3, -0.25) is 0 Å². The van der Waals surface area contributed by atoms with E-state index < -0.39 is 0 Å². The van der Waals surface area contributed by atoms with Crippen LogP contribution in [0.15, 0.2) is 12.4 Å². The van der Waals surface area contributed by atoms with E-state index >= 15 is 0 Å². The Morgan fingerprint density at radius 3 is 1.60 bits per heavy atom. The highest BCUT2D eigenvalue weighted by Gasteiger charge is 2.16. The van der Waals surface area contributed by atoms with Crippen LogP contribution in [0.25, 0.3) is 0 Å². The topological polar surface area (TPSA) is 8.81 Å². The van der Waals surface area contributed by atoms with Gasteiger partial charge in [0.25, 0.3) is 5.82 Å². The van der Waals surface area contributed by atoms with Crippen LogP contribution in [0.5, 0.6) is 0 Å². The van der Waals surface area contributed by atoms with Crippen molar-refractivity contribution in [3.05, 3.63) is 18.2 Å². The molecule has 0 aliphatic rings. The summed E-state index contributed by atoms with van der Waals surface area (Å²) in [6.07, 6.45) is 32.6. The van der Waals surface area contributed by atoms with Crippen molar-refractivity contribution in [1.82, 2.24) is 4.57 Å². The number of rotatable bonds is 22. The first-order valence-electron chi connectivity index (χ1n) is 13.9. The second-order valence-electron chi connectivity index (χ2n) is 9.51. The van der Waals surface area contributed by atoms with Crippen molar-refractivity contribution >= 4 is 0 Å². The van der Waals surface area contributed by atoms with E-state index in [0.29, 0.717) is 0 Å². The van der Waals surface area contributed by atoms with Crippen LogP contribution in [0.1, 0.15) is 149 Å². The first-order valence-corrected chi connectivity index (χ1v) is 13.9. The van der Waals surface area contributed by atoms with Crippen LogP contribution in [-0.4, -0.2) is 4.57 Å². The molecule has 0 fully saturated rings. The maximum absolute atomic E-state index is 2.59. The summed E-state index contributed by atoms with van der Waals surface area (Å²) < 4.78 is 5.15. The number of hydrogen-bond acceptors (Lipinski definition) is 0. The van der Waals surface area contributed by atoms with Gasteiger partial charge in [0, 0.05) is 6.42 Å². The lowest BCUT2D eigenvalue weighted by molar-refractivity contribution is -0.704. The summed E-state index contributed by atoms with van der Waals surface area (Å²) in [4.78, 5) is 0. The third-order valence-corrected chi connectivity index (χ3v) is 6.60. The minimum absolute atomic E-state index is 1.21. The SMILES string of the molecule is CCCCCCCCCCCC[n+]1ccn(CCCCC)c1CCCCCCCC. The Morgan fingerprint density at radius 2 is 1.03 bits per heavy atom. The van der Waals surface area contributed by atoms with Crippen molar-refractivity contribution in [1.29, 1.82) is 0 Å². The van der Waals surface area contributed by atoms with Gasteiger partial charge in [0.1, 0.15) is 12.4 Å². The van der Waals surface area contributed by atoms with Crippen LogP contribution < -0.4 is 4.57 Å². The van der Waals surface area contributed by atoms with Crippen molar-refractivity contribution in [2.24, 2.45) is 0 Å².